The molecular formula is C23H26F3N3O3. The van der Waals surface area contributed by atoms with Crippen molar-refractivity contribution in [3.05, 3.63) is 59.7 Å². The third-order valence-corrected chi connectivity index (χ3v) is 5.41. The number of benzene rings is 2. The number of nitrogens with zero attached hydrogens (tertiary/aromatic N) is 1. The van der Waals surface area contributed by atoms with Gasteiger partial charge in [-0.15, -0.1) is 0 Å². The molecule has 9 heteroatoms. The van der Waals surface area contributed by atoms with Crippen LogP contribution in [0.1, 0.15) is 41.6 Å². The van der Waals surface area contributed by atoms with Gasteiger partial charge in [0, 0.05) is 29.6 Å². The van der Waals surface area contributed by atoms with Crippen LogP contribution in [0.2, 0.25) is 0 Å². The molecule has 0 saturated carbocycles. The zero-order chi connectivity index (χ0) is 23.1. The van der Waals surface area contributed by atoms with Crippen LogP contribution in [0.5, 0.6) is 0 Å². The number of hydrogen-bond donors (Lipinski definition) is 3. The van der Waals surface area contributed by atoms with E-state index in [1.54, 1.807) is 12.1 Å². The zero-order valence-electron chi connectivity index (χ0n) is 17.5. The summed E-state index contributed by atoms with van der Waals surface area (Å²) < 4.78 is 38.6. The lowest BCUT2D eigenvalue weighted by atomic mass is 9.99. The molecule has 2 amide bonds. The molecule has 0 aromatic heterocycles. The van der Waals surface area contributed by atoms with Gasteiger partial charge in [0.2, 0.25) is 5.91 Å². The Hall–Kier alpha value is -2.91. The Labute approximate surface area is 184 Å². The van der Waals surface area contributed by atoms with Crippen molar-refractivity contribution in [1.82, 2.24) is 4.90 Å². The van der Waals surface area contributed by atoms with E-state index in [1.165, 1.54) is 24.3 Å². The number of nitrogens with one attached hydrogen (secondary N) is 2. The molecule has 1 fully saturated rings. The molecule has 2 aromatic carbocycles. The van der Waals surface area contributed by atoms with Crippen LogP contribution in [-0.4, -0.2) is 47.6 Å². The van der Waals surface area contributed by atoms with Crippen molar-refractivity contribution in [1.29, 1.82) is 0 Å². The molecule has 6 nitrogen and oxygen atoms in total. The van der Waals surface area contributed by atoms with Crippen LogP contribution in [0.15, 0.2) is 48.5 Å². The molecule has 172 valence electrons. The third-order valence-electron chi connectivity index (χ3n) is 5.41. The van der Waals surface area contributed by atoms with Gasteiger partial charge in [0.1, 0.15) is 0 Å². The van der Waals surface area contributed by atoms with Gasteiger partial charge in [0.25, 0.3) is 5.91 Å². The molecular weight excluding hydrogens is 423 g/mol. The van der Waals surface area contributed by atoms with E-state index in [-0.39, 0.29) is 36.4 Å². The average Bonchev–Trinajstić information content (AvgIpc) is 2.75. The fourth-order valence-electron chi connectivity index (χ4n) is 3.84. The van der Waals surface area contributed by atoms with Crippen molar-refractivity contribution in [2.24, 2.45) is 0 Å². The van der Waals surface area contributed by atoms with Gasteiger partial charge < -0.3 is 15.7 Å². The second-order valence-corrected chi connectivity index (χ2v) is 7.79. The first kappa shape index (κ1) is 23.7. The molecule has 1 aliphatic heterocycles. The smallest absolute Gasteiger partial charge is 0.396 e. The molecule has 1 saturated heterocycles. The lowest BCUT2D eigenvalue weighted by molar-refractivity contribution is -0.137. The number of piperidine rings is 1. The van der Waals surface area contributed by atoms with Gasteiger partial charge in [-0.1, -0.05) is 18.6 Å². The lowest BCUT2D eigenvalue weighted by Gasteiger charge is -2.34. The highest BCUT2D eigenvalue weighted by Crippen LogP contribution is 2.30. The van der Waals surface area contributed by atoms with Crippen molar-refractivity contribution < 1.29 is 27.9 Å². The van der Waals surface area contributed by atoms with E-state index < -0.39 is 17.6 Å². The van der Waals surface area contributed by atoms with Crippen LogP contribution >= 0.6 is 0 Å². The lowest BCUT2D eigenvalue weighted by Crippen LogP contribution is -2.44. The molecule has 3 rings (SSSR count). The number of halogens is 3. The first-order chi connectivity index (χ1) is 15.3. The van der Waals surface area contributed by atoms with Gasteiger partial charge in [-0.25, -0.2) is 0 Å². The Balaban J connectivity index is 1.62. The number of amides is 2. The second kappa shape index (κ2) is 10.6. The number of likely N-dealkylation sites (tertiary alicyclic amines) is 1. The standard InChI is InChI=1S/C23H26F3N3O3/c24-23(25,26)17-6-4-8-19(14-17)28-22(32)16-5-3-7-18(13-16)27-21(31)15-29-11-2-1-9-20(29)10-12-30/h3-8,13-14,20,30H,1-2,9-12,15H2,(H,27,31)(H,28,32). The van der Waals surface area contributed by atoms with Gasteiger partial charge in [-0.2, -0.15) is 13.2 Å². The van der Waals surface area contributed by atoms with Gasteiger partial charge in [0.15, 0.2) is 0 Å². The summed E-state index contributed by atoms with van der Waals surface area (Å²) in [6, 6.07) is 10.8. The highest BCUT2D eigenvalue weighted by Gasteiger charge is 2.30. The quantitative estimate of drug-likeness (QED) is 0.594. The third kappa shape index (κ3) is 6.54. The van der Waals surface area contributed by atoms with Crippen molar-refractivity contribution in [3.8, 4) is 0 Å². The summed E-state index contributed by atoms with van der Waals surface area (Å²) in [6.45, 7) is 1.05. The summed E-state index contributed by atoms with van der Waals surface area (Å²) in [6.07, 6.45) is -0.862. The Morgan fingerprint density at radius 2 is 1.75 bits per heavy atom. The molecule has 32 heavy (non-hydrogen) atoms. The van der Waals surface area contributed by atoms with E-state index in [1.807, 2.05) is 0 Å². The molecule has 1 heterocycles. The summed E-state index contributed by atoms with van der Waals surface area (Å²) in [5, 5.41) is 14.4. The largest absolute Gasteiger partial charge is 0.416 e. The van der Waals surface area contributed by atoms with Gasteiger partial charge in [-0.05, 0) is 62.2 Å². The minimum absolute atomic E-state index is 0.0271. The highest BCUT2D eigenvalue weighted by molar-refractivity contribution is 6.05. The molecule has 0 radical (unpaired) electrons. The van der Waals surface area contributed by atoms with Gasteiger partial charge in [-0.3, -0.25) is 14.5 Å². The Kier molecular flexibility index (Phi) is 7.87. The Morgan fingerprint density at radius 1 is 1.03 bits per heavy atom. The number of anilines is 2. The normalized spacial score (nSPS) is 17.1. The van der Waals surface area contributed by atoms with Crippen LogP contribution in [0.4, 0.5) is 24.5 Å². The maximum Gasteiger partial charge on any atom is 0.416 e. The van der Waals surface area contributed by atoms with E-state index in [2.05, 4.69) is 15.5 Å². The minimum Gasteiger partial charge on any atom is -0.396 e. The summed E-state index contributed by atoms with van der Waals surface area (Å²) in [5.74, 6) is -0.815. The number of carbonyl (C=O) groups is 2. The number of rotatable bonds is 7. The summed E-state index contributed by atoms with van der Waals surface area (Å²) in [5.41, 5.74) is -0.202. The monoisotopic (exact) mass is 449 g/mol. The minimum atomic E-state index is -4.50. The molecule has 0 spiro atoms. The average molecular weight is 449 g/mol. The van der Waals surface area contributed by atoms with Crippen molar-refractivity contribution in [2.45, 2.75) is 37.9 Å². The van der Waals surface area contributed by atoms with Crippen LogP contribution < -0.4 is 10.6 Å². The maximum atomic E-state index is 12.9. The maximum absolute atomic E-state index is 12.9. The Bertz CT molecular complexity index is 947. The predicted molar refractivity (Wildman–Crippen MR) is 115 cm³/mol. The number of aliphatic hydroxyl groups excluding tert-OH is 1. The van der Waals surface area contributed by atoms with Crippen molar-refractivity contribution >= 4 is 23.2 Å². The van der Waals surface area contributed by atoms with Crippen LogP contribution in [0, 0.1) is 0 Å². The number of aliphatic hydroxyl groups is 1. The van der Waals surface area contributed by atoms with Gasteiger partial charge >= 0.3 is 6.18 Å². The number of alkyl halides is 3. The predicted octanol–water partition coefficient (Wildman–Crippen LogP) is 4.13. The molecule has 3 N–H and O–H groups in total. The number of carbonyl (C=O) groups excluding carboxylic acids is 2. The molecule has 0 bridgehead atoms. The molecule has 0 aliphatic carbocycles. The molecule has 1 unspecified atom stereocenters. The fourth-order valence-corrected chi connectivity index (χ4v) is 3.84. The van der Waals surface area contributed by atoms with Crippen molar-refractivity contribution in [3.63, 3.8) is 0 Å². The first-order valence-electron chi connectivity index (χ1n) is 10.5. The highest BCUT2D eigenvalue weighted by atomic mass is 19.4. The SMILES string of the molecule is O=C(CN1CCCCC1CCO)Nc1cccc(C(=O)Nc2cccc(C(F)(F)F)c2)c1. The second-order valence-electron chi connectivity index (χ2n) is 7.79. The molecule has 1 atom stereocenters. The van der Waals surface area contributed by atoms with E-state index in [0.717, 1.165) is 37.9 Å². The number of hydrogen-bond acceptors (Lipinski definition) is 4. The van der Waals surface area contributed by atoms with Crippen LogP contribution in [-0.2, 0) is 11.0 Å². The van der Waals surface area contributed by atoms with Gasteiger partial charge in [0.05, 0.1) is 12.1 Å². The first-order valence-corrected chi connectivity index (χ1v) is 10.5. The van der Waals surface area contributed by atoms with E-state index in [0.29, 0.717) is 12.1 Å². The summed E-state index contributed by atoms with van der Waals surface area (Å²) in [7, 11) is 0. The fraction of sp³-hybridized carbons (Fsp3) is 0.391. The van der Waals surface area contributed by atoms with Crippen LogP contribution in [0.3, 0.4) is 0 Å². The van der Waals surface area contributed by atoms with Crippen LogP contribution in [0.25, 0.3) is 0 Å². The van der Waals surface area contributed by atoms with E-state index >= 15 is 0 Å². The van der Waals surface area contributed by atoms with Crippen molar-refractivity contribution in [2.75, 3.05) is 30.3 Å². The summed E-state index contributed by atoms with van der Waals surface area (Å²) >= 11 is 0. The topological polar surface area (TPSA) is 81.7 Å². The van der Waals surface area contributed by atoms with E-state index in [4.69, 9.17) is 0 Å². The molecule has 2 aromatic rings. The Morgan fingerprint density at radius 3 is 2.47 bits per heavy atom. The van der Waals surface area contributed by atoms with E-state index in [9.17, 15) is 27.9 Å². The zero-order valence-corrected chi connectivity index (χ0v) is 17.5. The molecule has 1 aliphatic rings. The summed E-state index contributed by atoms with van der Waals surface area (Å²) in [4.78, 5) is 27.1.